The van der Waals surface area contributed by atoms with E-state index in [4.69, 9.17) is 5.11 Å². The van der Waals surface area contributed by atoms with Crippen LogP contribution in [0.2, 0.25) is 0 Å². The summed E-state index contributed by atoms with van der Waals surface area (Å²) in [6, 6.07) is 4.89. The predicted molar refractivity (Wildman–Crippen MR) is 67.7 cm³/mol. The molecule has 1 saturated heterocycles. The van der Waals surface area contributed by atoms with Gasteiger partial charge < -0.3 is 15.7 Å². The number of carboxylic acid groups (broad SMARTS) is 1. The number of hydrogen-bond donors (Lipinski definition) is 3. The van der Waals surface area contributed by atoms with Gasteiger partial charge in [0.15, 0.2) is 0 Å². The van der Waals surface area contributed by atoms with Crippen LogP contribution < -0.4 is 10.6 Å². The first-order valence-electron chi connectivity index (χ1n) is 5.94. The van der Waals surface area contributed by atoms with Crippen LogP contribution in [0.1, 0.15) is 22.3 Å². The van der Waals surface area contributed by atoms with Crippen LogP contribution in [0, 0.1) is 12.8 Å². The molecule has 5 heteroatoms. The van der Waals surface area contributed by atoms with E-state index in [2.05, 4.69) is 10.6 Å². The van der Waals surface area contributed by atoms with Gasteiger partial charge in [0.1, 0.15) is 0 Å². The lowest BCUT2D eigenvalue weighted by atomic mass is 10.0. The van der Waals surface area contributed by atoms with Crippen molar-refractivity contribution in [2.75, 3.05) is 18.4 Å². The molecular weight excluding hydrogens is 232 g/mol. The highest BCUT2D eigenvalue weighted by Crippen LogP contribution is 2.20. The fraction of sp³-hybridized carbons (Fsp3) is 0.385. The van der Waals surface area contributed by atoms with Gasteiger partial charge in [-0.05, 0) is 37.6 Å². The summed E-state index contributed by atoms with van der Waals surface area (Å²) in [6.07, 6.45) is 0.823. The molecule has 0 radical (unpaired) electrons. The van der Waals surface area contributed by atoms with Gasteiger partial charge in [0.25, 0.3) is 0 Å². The number of hydrogen-bond acceptors (Lipinski definition) is 3. The summed E-state index contributed by atoms with van der Waals surface area (Å²) < 4.78 is 0. The van der Waals surface area contributed by atoms with Crippen molar-refractivity contribution >= 4 is 17.6 Å². The second-order valence-electron chi connectivity index (χ2n) is 4.46. The predicted octanol–water partition coefficient (Wildman–Crippen LogP) is 1.24. The van der Waals surface area contributed by atoms with Gasteiger partial charge in [-0.1, -0.05) is 6.07 Å². The summed E-state index contributed by atoms with van der Waals surface area (Å²) in [4.78, 5) is 22.9. The second kappa shape index (κ2) is 5.18. The first kappa shape index (κ1) is 12.6. The minimum absolute atomic E-state index is 0.0297. The van der Waals surface area contributed by atoms with E-state index in [1.807, 2.05) is 0 Å². The molecule has 1 fully saturated rings. The van der Waals surface area contributed by atoms with Gasteiger partial charge in [-0.15, -0.1) is 0 Å². The molecule has 3 N–H and O–H groups in total. The lowest BCUT2D eigenvalue weighted by Gasteiger charge is -2.13. The van der Waals surface area contributed by atoms with Crippen LogP contribution in [-0.2, 0) is 4.79 Å². The molecule has 96 valence electrons. The SMILES string of the molecule is Cc1c(NC(=O)C2CCNC2)cccc1C(=O)O. The maximum Gasteiger partial charge on any atom is 0.336 e. The van der Waals surface area contributed by atoms with Crippen LogP contribution in [0.3, 0.4) is 0 Å². The zero-order valence-corrected chi connectivity index (χ0v) is 10.2. The molecule has 1 aliphatic rings. The van der Waals surface area contributed by atoms with Crippen LogP contribution in [0.25, 0.3) is 0 Å². The van der Waals surface area contributed by atoms with Crippen molar-refractivity contribution in [1.29, 1.82) is 0 Å². The third-order valence-electron chi connectivity index (χ3n) is 3.25. The van der Waals surface area contributed by atoms with Crippen LogP contribution in [0.5, 0.6) is 0 Å². The molecule has 0 saturated carbocycles. The van der Waals surface area contributed by atoms with Crippen molar-refractivity contribution in [2.45, 2.75) is 13.3 Å². The van der Waals surface area contributed by atoms with Crippen molar-refractivity contribution in [1.82, 2.24) is 5.32 Å². The molecule has 1 unspecified atom stereocenters. The lowest BCUT2D eigenvalue weighted by Crippen LogP contribution is -2.25. The zero-order valence-electron chi connectivity index (χ0n) is 10.2. The fourth-order valence-electron chi connectivity index (χ4n) is 2.12. The summed E-state index contributed by atoms with van der Waals surface area (Å²) in [5, 5.41) is 14.9. The maximum absolute atomic E-state index is 11.9. The van der Waals surface area contributed by atoms with E-state index in [1.165, 1.54) is 6.07 Å². The number of aromatic carboxylic acids is 1. The Morgan fingerprint density at radius 1 is 1.44 bits per heavy atom. The number of carbonyl (C=O) groups is 2. The van der Waals surface area contributed by atoms with E-state index < -0.39 is 5.97 Å². The Hall–Kier alpha value is -1.88. The van der Waals surface area contributed by atoms with Gasteiger partial charge in [0.05, 0.1) is 11.5 Å². The quantitative estimate of drug-likeness (QED) is 0.752. The Labute approximate surface area is 105 Å². The van der Waals surface area contributed by atoms with E-state index in [0.717, 1.165) is 13.0 Å². The molecule has 1 aromatic carbocycles. The average molecular weight is 248 g/mol. The lowest BCUT2D eigenvalue weighted by molar-refractivity contribution is -0.119. The standard InChI is InChI=1S/C13H16N2O3/c1-8-10(13(17)18)3-2-4-11(8)15-12(16)9-5-6-14-7-9/h2-4,9,14H,5-7H2,1H3,(H,15,16)(H,17,18). The minimum Gasteiger partial charge on any atom is -0.478 e. The molecule has 1 amide bonds. The highest BCUT2D eigenvalue weighted by Gasteiger charge is 2.23. The Morgan fingerprint density at radius 2 is 2.22 bits per heavy atom. The number of carbonyl (C=O) groups excluding carboxylic acids is 1. The molecule has 0 aromatic heterocycles. The summed E-state index contributed by atoms with van der Waals surface area (Å²) in [7, 11) is 0. The molecule has 0 spiro atoms. The van der Waals surface area contributed by atoms with E-state index in [-0.39, 0.29) is 17.4 Å². The molecule has 18 heavy (non-hydrogen) atoms. The molecule has 1 atom stereocenters. The first-order valence-corrected chi connectivity index (χ1v) is 5.94. The molecule has 5 nitrogen and oxygen atoms in total. The smallest absolute Gasteiger partial charge is 0.336 e. The number of rotatable bonds is 3. The molecular formula is C13H16N2O3. The van der Waals surface area contributed by atoms with Crippen LogP contribution >= 0.6 is 0 Å². The van der Waals surface area contributed by atoms with E-state index in [9.17, 15) is 9.59 Å². The van der Waals surface area contributed by atoms with Crippen LogP contribution in [0.4, 0.5) is 5.69 Å². The number of benzene rings is 1. The van der Waals surface area contributed by atoms with Crippen molar-refractivity contribution in [2.24, 2.45) is 5.92 Å². The molecule has 2 rings (SSSR count). The van der Waals surface area contributed by atoms with Gasteiger partial charge in [-0.25, -0.2) is 4.79 Å². The Kier molecular flexibility index (Phi) is 3.62. The molecule has 0 bridgehead atoms. The van der Waals surface area contributed by atoms with E-state index in [0.29, 0.717) is 17.8 Å². The van der Waals surface area contributed by atoms with Gasteiger partial charge in [0.2, 0.25) is 5.91 Å². The first-order chi connectivity index (χ1) is 8.59. The summed E-state index contributed by atoms with van der Waals surface area (Å²) >= 11 is 0. The number of carboxylic acids is 1. The Balaban J connectivity index is 2.16. The van der Waals surface area contributed by atoms with E-state index >= 15 is 0 Å². The second-order valence-corrected chi connectivity index (χ2v) is 4.46. The third kappa shape index (κ3) is 2.51. The van der Waals surface area contributed by atoms with Gasteiger partial charge >= 0.3 is 5.97 Å². The van der Waals surface area contributed by atoms with Crippen molar-refractivity contribution in [3.05, 3.63) is 29.3 Å². The largest absolute Gasteiger partial charge is 0.478 e. The summed E-state index contributed by atoms with van der Waals surface area (Å²) in [5.41, 5.74) is 1.38. The van der Waals surface area contributed by atoms with Crippen LogP contribution in [0.15, 0.2) is 18.2 Å². The number of amides is 1. The highest BCUT2D eigenvalue weighted by atomic mass is 16.4. The van der Waals surface area contributed by atoms with Gasteiger partial charge in [0, 0.05) is 12.2 Å². The van der Waals surface area contributed by atoms with Crippen LogP contribution in [-0.4, -0.2) is 30.1 Å². The maximum atomic E-state index is 11.9. The molecule has 1 heterocycles. The number of anilines is 1. The highest BCUT2D eigenvalue weighted by molar-refractivity contribution is 5.97. The minimum atomic E-state index is -0.980. The van der Waals surface area contributed by atoms with Gasteiger partial charge in [-0.3, -0.25) is 4.79 Å². The zero-order chi connectivity index (χ0) is 13.1. The number of nitrogens with one attached hydrogen (secondary N) is 2. The molecule has 1 aromatic rings. The summed E-state index contributed by atoms with van der Waals surface area (Å²) in [5.74, 6) is -1.06. The Bertz CT molecular complexity index is 479. The average Bonchev–Trinajstić information content (AvgIpc) is 2.85. The molecule has 0 aliphatic carbocycles. The van der Waals surface area contributed by atoms with Crippen molar-refractivity contribution in [3.63, 3.8) is 0 Å². The third-order valence-corrected chi connectivity index (χ3v) is 3.25. The van der Waals surface area contributed by atoms with E-state index in [1.54, 1.807) is 19.1 Å². The monoisotopic (exact) mass is 248 g/mol. The van der Waals surface area contributed by atoms with Crippen molar-refractivity contribution in [3.8, 4) is 0 Å². The topological polar surface area (TPSA) is 78.4 Å². The Morgan fingerprint density at radius 3 is 2.83 bits per heavy atom. The molecule has 1 aliphatic heterocycles. The van der Waals surface area contributed by atoms with Gasteiger partial charge in [-0.2, -0.15) is 0 Å². The van der Waals surface area contributed by atoms with Crippen molar-refractivity contribution < 1.29 is 14.7 Å². The fourth-order valence-corrected chi connectivity index (χ4v) is 2.12. The normalized spacial score (nSPS) is 18.6. The summed E-state index contributed by atoms with van der Waals surface area (Å²) in [6.45, 7) is 3.24.